The van der Waals surface area contributed by atoms with Crippen molar-refractivity contribution in [2.75, 3.05) is 0 Å². The molecule has 0 saturated heterocycles. The van der Waals surface area contributed by atoms with E-state index in [4.69, 9.17) is 0 Å². The fraction of sp³-hybridized carbons (Fsp3) is 0.462. The molecule has 0 spiro atoms. The number of imidazole rings is 1. The summed E-state index contributed by atoms with van der Waals surface area (Å²) in [6, 6.07) is 2.20. The molecule has 2 heterocycles. The van der Waals surface area contributed by atoms with Crippen molar-refractivity contribution in [2.45, 2.75) is 39.5 Å². The van der Waals surface area contributed by atoms with E-state index < -0.39 is 0 Å². The van der Waals surface area contributed by atoms with Gasteiger partial charge in [-0.1, -0.05) is 27.7 Å². The van der Waals surface area contributed by atoms with E-state index in [2.05, 4.69) is 49.3 Å². The standard InChI is InChI=1S/C13H18N2/c1-5-10-6-7-15-9-14-8-11(15)12(10)13(2,3)4/h6-9H,5H2,1-4H3. The summed E-state index contributed by atoms with van der Waals surface area (Å²) in [5.74, 6) is 0. The first-order valence-electron chi connectivity index (χ1n) is 5.48. The van der Waals surface area contributed by atoms with Crippen molar-refractivity contribution >= 4 is 5.52 Å². The summed E-state index contributed by atoms with van der Waals surface area (Å²) in [6.45, 7) is 8.98. The van der Waals surface area contributed by atoms with Gasteiger partial charge >= 0.3 is 0 Å². The normalized spacial score (nSPS) is 12.3. The molecule has 2 nitrogen and oxygen atoms in total. The maximum absolute atomic E-state index is 4.21. The zero-order chi connectivity index (χ0) is 11.1. The van der Waals surface area contributed by atoms with Crippen LogP contribution in [0, 0.1) is 0 Å². The lowest BCUT2D eigenvalue weighted by molar-refractivity contribution is 0.586. The van der Waals surface area contributed by atoms with E-state index in [0.717, 1.165) is 6.42 Å². The monoisotopic (exact) mass is 202 g/mol. The van der Waals surface area contributed by atoms with Gasteiger partial charge in [0.1, 0.15) is 0 Å². The average Bonchev–Trinajstić information content (AvgIpc) is 2.61. The summed E-state index contributed by atoms with van der Waals surface area (Å²) < 4.78 is 2.10. The number of nitrogens with zero attached hydrogens (tertiary/aromatic N) is 2. The van der Waals surface area contributed by atoms with Gasteiger partial charge in [0, 0.05) is 6.20 Å². The molecule has 0 aromatic carbocycles. The molecule has 0 aliphatic carbocycles. The average molecular weight is 202 g/mol. The van der Waals surface area contributed by atoms with Crippen molar-refractivity contribution in [2.24, 2.45) is 0 Å². The van der Waals surface area contributed by atoms with Crippen molar-refractivity contribution in [3.63, 3.8) is 0 Å². The third-order valence-electron chi connectivity index (χ3n) is 2.81. The molecule has 15 heavy (non-hydrogen) atoms. The van der Waals surface area contributed by atoms with Gasteiger partial charge in [-0.3, -0.25) is 0 Å². The second kappa shape index (κ2) is 3.37. The van der Waals surface area contributed by atoms with E-state index in [1.165, 1.54) is 16.6 Å². The SMILES string of the molecule is CCc1ccn2cncc2c1C(C)(C)C. The van der Waals surface area contributed by atoms with Crippen LogP contribution in [0.4, 0.5) is 0 Å². The molecule has 2 heteroatoms. The number of hydrogen-bond donors (Lipinski definition) is 0. The number of hydrogen-bond acceptors (Lipinski definition) is 1. The molecule has 0 bridgehead atoms. The Morgan fingerprint density at radius 3 is 2.67 bits per heavy atom. The highest BCUT2D eigenvalue weighted by Crippen LogP contribution is 2.30. The lowest BCUT2D eigenvalue weighted by atomic mass is 9.83. The maximum atomic E-state index is 4.21. The Labute approximate surface area is 91.0 Å². The van der Waals surface area contributed by atoms with Crippen LogP contribution in [0.5, 0.6) is 0 Å². The van der Waals surface area contributed by atoms with E-state index >= 15 is 0 Å². The van der Waals surface area contributed by atoms with Crippen molar-refractivity contribution in [1.29, 1.82) is 0 Å². The summed E-state index contributed by atoms with van der Waals surface area (Å²) >= 11 is 0. The quantitative estimate of drug-likeness (QED) is 0.694. The minimum Gasteiger partial charge on any atom is -0.306 e. The summed E-state index contributed by atoms with van der Waals surface area (Å²) in [7, 11) is 0. The molecule has 0 N–H and O–H groups in total. The second-order valence-electron chi connectivity index (χ2n) is 5.01. The molecule has 0 atom stereocenters. The Kier molecular flexibility index (Phi) is 2.29. The van der Waals surface area contributed by atoms with Gasteiger partial charge < -0.3 is 4.40 Å². The van der Waals surface area contributed by atoms with E-state index in [1.54, 1.807) is 0 Å². The van der Waals surface area contributed by atoms with Gasteiger partial charge in [0.15, 0.2) is 0 Å². The van der Waals surface area contributed by atoms with Crippen LogP contribution >= 0.6 is 0 Å². The van der Waals surface area contributed by atoms with E-state index in [9.17, 15) is 0 Å². The highest BCUT2D eigenvalue weighted by Gasteiger charge is 2.20. The van der Waals surface area contributed by atoms with Crippen molar-refractivity contribution in [3.05, 3.63) is 35.9 Å². The fourth-order valence-electron chi connectivity index (χ4n) is 2.20. The third-order valence-corrected chi connectivity index (χ3v) is 2.81. The Balaban J connectivity index is 2.80. The Bertz CT molecular complexity index is 475. The number of rotatable bonds is 1. The molecule has 0 fully saturated rings. The van der Waals surface area contributed by atoms with Gasteiger partial charge in [0.05, 0.1) is 18.0 Å². The van der Waals surface area contributed by atoms with Crippen LogP contribution < -0.4 is 0 Å². The summed E-state index contributed by atoms with van der Waals surface area (Å²) in [4.78, 5) is 4.21. The molecule has 2 rings (SSSR count). The Morgan fingerprint density at radius 1 is 1.33 bits per heavy atom. The van der Waals surface area contributed by atoms with Crippen LogP contribution in [-0.2, 0) is 11.8 Å². The summed E-state index contributed by atoms with van der Waals surface area (Å²) in [5, 5.41) is 0. The van der Waals surface area contributed by atoms with Crippen LogP contribution in [0.2, 0.25) is 0 Å². The third kappa shape index (κ3) is 1.65. The summed E-state index contributed by atoms with van der Waals surface area (Å²) in [5.41, 5.74) is 4.26. The molecule has 2 aromatic heterocycles. The molecule has 0 aliphatic heterocycles. The number of pyridine rings is 1. The lowest BCUT2D eigenvalue weighted by Crippen LogP contribution is -2.15. The molecule has 80 valence electrons. The minimum atomic E-state index is 0.174. The molecule has 0 aliphatic rings. The van der Waals surface area contributed by atoms with Gasteiger partial charge in [-0.05, 0) is 29.0 Å². The van der Waals surface area contributed by atoms with Crippen molar-refractivity contribution in [3.8, 4) is 0 Å². The van der Waals surface area contributed by atoms with Crippen LogP contribution in [0.1, 0.15) is 38.8 Å². The van der Waals surface area contributed by atoms with Gasteiger partial charge in [0.2, 0.25) is 0 Å². The predicted octanol–water partition coefficient (Wildman–Crippen LogP) is 3.19. The van der Waals surface area contributed by atoms with Crippen LogP contribution in [0.3, 0.4) is 0 Å². The minimum absolute atomic E-state index is 0.174. The van der Waals surface area contributed by atoms with E-state index in [-0.39, 0.29) is 5.41 Å². The number of aryl methyl sites for hydroxylation is 1. The van der Waals surface area contributed by atoms with Gasteiger partial charge in [-0.25, -0.2) is 4.98 Å². The number of aromatic nitrogens is 2. The first-order chi connectivity index (χ1) is 7.04. The lowest BCUT2D eigenvalue weighted by Gasteiger charge is -2.23. The van der Waals surface area contributed by atoms with Crippen molar-refractivity contribution < 1.29 is 0 Å². The molecule has 0 amide bonds. The molecular weight excluding hydrogens is 184 g/mol. The maximum Gasteiger partial charge on any atom is 0.0992 e. The van der Waals surface area contributed by atoms with Gasteiger partial charge in [-0.15, -0.1) is 0 Å². The van der Waals surface area contributed by atoms with Gasteiger partial charge in [0.25, 0.3) is 0 Å². The molecule has 2 aromatic rings. The molecular formula is C13H18N2. The Hall–Kier alpha value is -1.31. The molecule has 0 saturated carbocycles. The van der Waals surface area contributed by atoms with Crippen LogP contribution in [-0.4, -0.2) is 9.38 Å². The highest BCUT2D eigenvalue weighted by atomic mass is 15.0. The summed E-state index contributed by atoms with van der Waals surface area (Å²) in [6.07, 6.45) is 6.99. The van der Waals surface area contributed by atoms with Crippen LogP contribution in [0.15, 0.2) is 24.8 Å². The van der Waals surface area contributed by atoms with Crippen molar-refractivity contribution in [1.82, 2.24) is 9.38 Å². The van der Waals surface area contributed by atoms with E-state index in [1.807, 2.05) is 12.5 Å². The topological polar surface area (TPSA) is 17.3 Å². The number of fused-ring (bicyclic) bond motifs is 1. The first-order valence-corrected chi connectivity index (χ1v) is 5.48. The predicted molar refractivity (Wildman–Crippen MR) is 63.3 cm³/mol. The smallest absolute Gasteiger partial charge is 0.0992 e. The van der Waals surface area contributed by atoms with E-state index in [0.29, 0.717) is 0 Å². The highest BCUT2D eigenvalue weighted by molar-refractivity contribution is 5.59. The molecule has 0 radical (unpaired) electrons. The van der Waals surface area contributed by atoms with Gasteiger partial charge in [-0.2, -0.15) is 0 Å². The first kappa shape index (κ1) is 10.2. The second-order valence-corrected chi connectivity index (χ2v) is 5.01. The fourth-order valence-corrected chi connectivity index (χ4v) is 2.20. The Morgan fingerprint density at radius 2 is 2.07 bits per heavy atom. The largest absolute Gasteiger partial charge is 0.306 e. The zero-order valence-corrected chi connectivity index (χ0v) is 9.91. The molecule has 0 unspecified atom stereocenters. The van der Waals surface area contributed by atoms with Crippen LogP contribution in [0.25, 0.3) is 5.52 Å². The zero-order valence-electron chi connectivity index (χ0n) is 9.91.